The Morgan fingerprint density at radius 1 is 1.12 bits per heavy atom. The molecule has 3 aliphatic heterocycles. The topological polar surface area (TPSA) is 85.4 Å². The van der Waals surface area contributed by atoms with Crippen LogP contribution in [0.4, 0.5) is 5.69 Å². The van der Waals surface area contributed by atoms with E-state index in [0.717, 1.165) is 5.56 Å². The summed E-state index contributed by atoms with van der Waals surface area (Å²) < 4.78 is 16.9. The van der Waals surface area contributed by atoms with Crippen molar-refractivity contribution in [2.75, 3.05) is 38.8 Å². The van der Waals surface area contributed by atoms with Crippen LogP contribution in [0.25, 0.3) is 0 Å². The molecule has 0 aromatic heterocycles. The molecule has 2 aromatic rings. The Kier molecular flexibility index (Phi) is 5.46. The molecular weight excluding hydrogens is 436 g/mol. The highest BCUT2D eigenvalue weighted by Gasteiger charge is 2.49. The van der Waals surface area contributed by atoms with Gasteiger partial charge in [0.05, 0.1) is 44.4 Å². The van der Waals surface area contributed by atoms with Gasteiger partial charge in [0.2, 0.25) is 11.8 Å². The number of methoxy groups -OCH3 is 2. The van der Waals surface area contributed by atoms with Crippen LogP contribution in [0.3, 0.4) is 0 Å². The Balaban J connectivity index is 1.30. The van der Waals surface area contributed by atoms with Crippen LogP contribution >= 0.6 is 0 Å². The second-order valence-electron chi connectivity index (χ2n) is 9.34. The molecule has 3 heterocycles. The molecule has 0 bridgehead atoms. The molecule has 0 aliphatic carbocycles. The predicted molar refractivity (Wildman–Crippen MR) is 125 cm³/mol. The number of ether oxygens (including phenoxy) is 3. The summed E-state index contributed by atoms with van der Waals surface area (Å²) in [4.78, 5) is 42.5. The third kappa shape index (κ3) is 3.77. The van der Waals surface area contributed by atoms with E-state index in [1.807, 2.05) is 25.1 Å². The van der Waals surface area contributed by atoms with Gasteiger partial charge in [-0.3, -0.25) is 14.4 Å². The fourth-order valence-corrected chi connectivity index (χ4v) is 5.24. The molecular formula is C26H28N2O6. The summed E-state index contributed by atoms with van der Waals surface area (Å²) >= 11 is 0. The first-order valence-corrected chi connectivity index (χ1v) is 11.5. The van der Waals surface area contributed by atoms with Crippen LogP contribution in [0.15, 0.2) is 36.4 Å². The number of fused-ring (bicyclic) bond motifs is 1. The van der Waals surface area contributed by atoms with Crippen LogP contribution < -0.4 is 19.1 Å². The summed E-state index contributed by atoms with van der Waals surface area (Å²) in [5.74, 6) is 1.12. The number of ketones is 1. The van der Waals surface area contributed by atoms with E-state index in [1.165, 1.54) is 0 Å². The minimum atomic E-state index is -0.726. The number of aryl methyl sites for hydroxylation is 1. The maximum Gasteiger partial charge on any atom is 0.228 e. The van der Waals surface area contributed by atoms with Gasteiger partial charge in [-0.1, -0.05) is 6.07 Å². The second-order valence-corrected chi connectivity index (χ2v) is 9.34. The van der Waals surface area contributed by atoms with Gasteiger partial charge in [-0.2, -0.15) is 0 Å². The number of amides is 2. The second kappa shape index (κ2) is 8.34. The van der Waals surface area contributed by atoms with Crippen molar-refractivity contribution in [2.24, 2.45) is 5.92 Å². The van der Waals surface area contributed by atoms with Crippen molar-refractivity contribution >= 4 is 23.3 Å². The quantitative estimate of drug-likeness (QED) is 0.692. The third-order valence-corrected chi connectivity index (χ3v) is 7.02. The number of hydrogen-bond donors (Lipinski definition) is 0. The van der Waals surface area contributed by atoms with E-state index in [9.17, 15) is 14.4 Å². The number of carbonyl (C=O) groups excluding carboxylic acids is 3. The number of benzene rings is 2. The van der Waals surface area contributed by atoms with E-state index in [2.05, 4.69) is 0 Å². The summed E-state index contributed by atoms with van der Waals surface area (Å²) in [5, 5.41) is 0. The first kappa shape index (κ1) is 22.3. The van der Waals surface area contributed by atoms with Crippen LogP contribution in [0.5, 0.6) is 17.2 Å². The lowest BCUT2D eigenvalue weighted by Crippen LogP contribution is -2.46. The van der Waals surface area contributed by atoms with Crippen molar-refractivity contribution < 1.29 is 28.6 Å². The molecule has 0 N–H and O–H groups in total. The number of carbonyl (C=O) groups is 3. The highest BCUT2D eigenvalue weighted by atomic mass is 16.5. The molecule has 2 atom stereocenters. The van der Waals surface area contributed by atoms with Crippen molar-refractivity contribution in [3.8, 4) is 17.2 Å². The van der Waals surface area contributed by atoms with E-state index in [1.54, 1.807) is 42.2 Å². The molecule has 178 valence electrons. The van der Waals surface area contributed by atoms with Gasteiger partial charge in [0.15, 0.2) is 5.78 Å². The van der Waals surface area contributed by atoms with E-state index in [-0.39, 0.29) is 30.4 Å². The zero-order valence-corrected chi connectivity index (χ0v) is 19.6. The van der Waals surface area contributed by atoms with Crippen LogP contribution in [0, 0.1) is 12.8 Å². The number of likely N-dealkylation sites (tertiary alicyclic amines) is 1. The van der Waals surface area contributed by atoms with Gasteiger partial charge < -0.3 is 24.0 Å². The molecule has 8 heteroatoms. The average Bonchev–Trinajstić information content (AvgIpc) is 3.42. The summed E-state index contributed by atoms with van der Waals surface area (Å²) in [5.41, 5.74) is 1.49. The van der Waals surface area contributed by atoms with Gasteiger partial charge in [0.25, 0.3) is 0 Å². The number of anilines is 1. The molecule has 3 aliphatic rings. The molecule has 0 radical (unpaired) electrons. The lowest BCUT2D eigenvalue weighted by molar-refractivity contribution is -0.135. The minimum absolute atomic E-state index is 0.0109. The Labute approximate surface area is 198 Å². The summed E-state index contributed by atoms with van der Waals surface area (Å²) in [6.07, 6.45) is 0.945. The molecule has 34 heavy (non-hydrogen) atoms. The Morgan fingerprint density at radius 2 is 1.94 bits per heavy atom. The summed E-state index contributed by atoms with van der Waals surface area (Å²) in [6.45, 7) is 3.09. The van der Waals surface area contributed by atoms with Crippen molar-refractivity contribution in [3.63, 3.8) is 0 Å². The number of nitrogens with zero attached hydrogens (tertiary/aromatic N) is 2. The molecule has 2 aromatic carbocycles. The largest absolute Gasteiger partial charge is 0.497 e. The van der Waals surface area contributed by atoms with Gasteiger partial charge >= 0.3 is 0 Å². The minimum Gasteiger partial charge on any atom is -0.497 e. The maximum atomic E-state index is 13.4. The van der Waals surface area contributed by atoms with Crippen LogP contribution in [-0.2, 0) is 9.59 Å². The van der Waals surface area contributed by atoms with Gasteiger partial charge in [0.1, 0.15) is 22.8 Å². The summed E-state index contributed by atoms with van der Waals surface area (Å²) in [6, 6.07) is 10.9. The predicted octanol–water partition coefficient (Wildman–Crippen LogP) is 3.00. The third-order valence-electron chi connectivity index (χ3n) is 7.02. The molecule has 2 amide bonds. The summed E-state index contributed by atoms with van der Waals surface area (Å²) in [7, 11) is 3.13. The fraction of sp³-hybridized carbons (Fsp3) is 0.423. The molecule has 0 saturated carbocycles. The Hall–Kier alpha value is -3.55. The van der Waals surface area contributed by atoms with Gasteiger partial charge in [0, 0.05) is 25.9 Å². The normalized spacial score (nSPS) is 23.8. The number of Topliss-reactive ketones (excluding diaryl/α,β-unsaturated/α-hetero) is 1. The zero-order valence-electron chi connectivity index (χ0n) is 19.6. The SMILES string of the molecule is COc1ccc2c(c1)C(=O)CC1(CCN(C(=O)C3CC(=O)N(c4cc(C)ccc4OC)C3)C1)O2. The van der Waals surface area contributed by atoms with E-state index in [0.29, 0.717) is 54.6 Å². The highest BCUT2D eigenvalue weighted by molar-refractivity contribution is 6.02. The lowest BCUT2D eigenvalue weighted by atomic mass is 9.89. The molecule has 2 saturated heterocycles. The lowest BCUT2D eigenvalue weighted by Gasteiger charge is -2.35. The van der Waals surface area contributed by atoms with E-state index >= 15 is 0 Å². The standard InChI is InChI=1S/C26H28N2O6/c1-16-4-6-23(33-3)20(10-16)28-14-17(11-24(28)30)25(31)27-9-8-26(15-27)13-21(29)19-12-18(32-2)5-7-22(19)34-26/h4-7,10,12,17H,8-9,11,13-15H2,1-3H3. The highest BCUT2D eigenvalue weighted by Crippen LogP contribution is 2.41. The zero-order chi connectivity index (χ0) is 24.0. The van der Waals surface area contributed by atoms with Crippen molar-refractivity contribution in [1.82, 2.24) is 4.90 Å². The maximum absolute atomic E-state index is 13.4. The van der Waals surface area contributed by atoms with Crippen LogP contribution in [0.1, 0.15) is 35.2 Å². The number of rotatable bonds is 4. The molecule has 2 fully saturated rings. The van der Waals surface area contributed by atoms with Gasteiger partial charge in [-0.05, 0) is 42.8 Å². The first-order valence-electron chi connectivity index (χ1n) is 11.5. The van der Waals surface area contributed by atoms with Gasteiger partial charge in [-0.15, -0.1) is 0 Å². The fourth-order valence-electron chi connectivity index (χ4n) is 5.24. The van der Waals surface area contributed by atoms with Crippen LogP contribution in [0.2, 0.25) is 0 Å². The van der Waals surface area contributed by atoms with E-state index < -0.39 is 11.5 Å². The van der Waals surface area contributed by atoms with E-state index in [4.69, 9.17) is 14.2 Å². The smallest absolute Gasteiger partial charge is 0.228 e. The first-order chi connectivity index (χ1) is 16.3. The van der Waals surface area contributed by atoms with Crippen molar-refractivity contribution in [3.05, 3.63) is 47.5 Å². The molecule has 1 spiro atoms. The Morgan fingerprint density at radius 3 is 2.71 bits per heavy atom. The number of hydrogen-bond acceptors (Lipinski definition) is 6. The molecule has 2 unspecified atom stereocenters. The molecule has 5 rings (SSSR count). The van der Waals surface area contributed by atoms with Gasteiger partial charge in [-0.25, -0.2) is 0 Å². The van der Waals surface area contributed by atoms with Crippen molar-refractivity contribution in [1.29, 1.82) is 0 Å². The Bertz CT molecular complexity index is 1180. The molecule has 8 nitrogen and oxygen atoms in total. The monoisotopic (exact) mass is 464 g/mol. The van der Waals surface area contributed by atoms with Crippen molar-refractivity contribution in [2.45, 2.75) is 31.8 Å². The van der Waals surface area contributed by atoms with Crippen LogP contribution in [-0.4, -0.2) is 62.0 Å². The average molecular weight is 465 g/mol.